The van der Waals surface area contributed by atoms with E-state index in [4.69, 9.17) is 5.11 Å². The first kappa shape index (κ1) is 13.9. The van der Waals surface area contributed by atoms with Gasteiger partial charge >= 0.3 is 5.97 Å². The second kappa shape index (κ2) is 5.20. The van der Waals surface area contributed by atoms with E-state index in [0.29, 0.717) is 5.69 Å². The predicted octanol–water partition coefficient (Wildman–Crippen LogP) is 0.0405. The number of anilines is 1. The Balaban J connectivity index is 2.17. The zero-order valence-electron chi connectivity index (χ0n) is 10.8. The summed E-state index contributed by atoms with van der Waals surface area (Å²) in [5.74, 6) is -2.23. The quantitative estimate of drug-likeness (QED) is 0.758. The molecule has 0 bridgehead atoms. The number of hydrogen-bond donors (Lipinski definition) is 2. The Kier molecular flexibility index (Phi) is 3.60. The van der Waals surface area contributed by atoms with Gasteiger partial charge in [0.1, 0.15) is 11.8 Å². The third kappa shape index (κ3) is 2.56. The maximum absolute atomic E-state index is 12.0. The van der Waals surface area contributed by atoms with Gasteiger partial charge in [-0.1, -0.05) is 0 Å². The van der Waals surface area contributed by atoms with Crippen molar-refractivity contribution in [3.8, 4) is 5.75 Å². The summed E-state index contributed by atoms with van der Waals surface area (Å²) >= 11 is 0. The van der Waals surface area contributed by atoms with Gasteiger partial charge in [0.15, 0.2) is 0 Å². The summed E-state index contributed by atoms with van der Waals surface area (Å²) in [6.07, 6.45) is 0. The van der Waals surface area contributed by atoms with Gasteiger partial charge in [0.2, 0.25) is 11.8 Å². The van der Waals surface area contributed by atoms with Crippen molar-refractivity contribution in [2.24, 2.45) is 0 Å². The molecule has 1 aliphatic heterocycles. The number of phenols is 1. The molecule has 7 nitrogen and oxygen atoms in total. The number of amides is 2. The molecule has 20 heavy (non-hydrogen) atoms. The van der Waals surface area contributed by atoms with Crippen LogP contribution in [0.15, 0.2) is 24.3 Å². The van der Waals surface area contributed by atoms with E-state index in [1.165, 1.54) is 24.0 Å². The van der Waals surface area contributed by atoms with Crippen molar-refractivity contribution in [1.29, 1.82) is 0 Å². The molecule has 0 spiro atoms. The molecule has 1 aromatic carbocycles. The van der Waals surface area contributed by atoms with Crippen LogP contribution in [0, 0.1) is 0 Å². The largest absolute Gasteiger partial charge is 0.508 e. The van der Waals surface area contributed by atoms with E-state index in [-0.39, 0.29) is 18.8 Å². The Morgan fingerprint density at radius 3 is 2.10 bits per heavy atom. The zero-order valence-corrected chi connectivity index (χ0v) is 10.8. The van der Waals surface area contributed by atoms with E-state index in [1.807, 2.05) is 0 Å². The van der Waals surface area contributed by atoms with Gasteiger partial charge in [-0.15, -0.1) is 0 Å². The number of imide groups is 1. The van der Waals surface area contributed by atoms with E-state index >= 15 is 0 Å². The number of phenolic OH excluding ortho intramolecular Hbond substituents is 1. The van der Waals surface area contributed by atoms with Crippen molar-refractivity contribution in [2.75, 3.05) is 18.0 Å². The first-order valence-corrected chi connectivity index (χ1v) is 6.02. The third-order valence-electron chi connectivity index (χ3n) is 3.15. The second-order valence-corrected chi connectivity index (χ2v) is 4.54. The third-order valence-corrected chi connectivity index (χ3v) is 3.15. The van der Waals surface area contributed by atoms with Crippen LogP contribution in [0.2, 0.25) is 0 Å². The van der Waals surface area contributed by atoms with Gasteiger partial charge in [-0.05, 0) is 31.2 Å². The van der Waals surface area contributed by atoms with Crippen LogP contribution >= 0.6 is 0 Å². The smallest absolute Gasteiger partial charge is 0.326 e. The van der Waals surface area contributed by atoms with Crippen molar-refractivity contribution in [3.63, 3.8) is 0 Å². The minimum absolute atomic E-state index is 0.0753. The summed E-state index contributed by atoms with van der Waals surface area (Å²) in [6, 6.07) is 4.92. The van der Waals surface area contributed by atoms with Crippen molar-refractivity contribution in [1.82, 2.24) is 4.90 Å². The zero-order chi connectivity index (χ0) is 14.9. The molecule has 1 unspecified atom stereocenters. The number of carbonyl (C=O) groups excluding carboxylic acids is 2. The fourth-order valence-corrected chi connectivity index (χ4v) is 2.06. The Bertz CT molecular complexity index is 536. The molecule has 106 valence electrons. The van der Waals surface area contributed by atoms with E-state index < -0.39 is 23.8 Å². The summed E-state index contributed by atoms with van der Waals surface area (Å²) in [5.41, 5.74) is 0.618. The van der Waals surface area contributed by atoms with Crippen LogP contribution in [0.3, 0.4) is 0 Å². The number of hydrogen-bond acceptors (Lipinski definition) is 5. The van der Waals surface area contributed by atoms with Crippen molar-refractivity contribution in [3.05, 3.63) is 24.3 Å². The number of carbonyl (C=O) groups is 3. The van der Waals surface area contributed by atoms with E-state index in [0.717, 1.165) is 4.90 Å². The van der Waals surface area contributed by atoms with Gasteiger partial charge in [0.25, 0.3) is 0 Å². The summed E-state index contributed by atoms with van der Waals surface area (Å²) in [7, 11) is 0. The number of nitrogens with zero attached hydrogens (tertiary/aromatic N) is 2. The summed E-state index contributed by atoms with van der Waals surface area (Å²) < 4.78 is 0. The number of carboxylic acids is 1. The predicted molar refractivity (Wildman–Crippen MR) is 69.3 cm³/mol. The Labute approximate surface area is 115 Å². The average Bonchev–Trinajstić information content (AvgIpc) is 2.38. The van der Waals surface area contributed by atoms with Crippen LogP contribution in [0.4, 0.5) is 5.69 Å². The molecule has 0 saturated carbocycles. The molecule has 0 aliphatic carbocycles. The lowest BCUT2D eigenvalue weighted by molar-refractivity contribution is -0.157. The Morgan fingerprint density at radius 1 is 1.15 bits per heavy atom. The van der Waals surface area contributed by atoms with Crippen LogP contribution < -0.4 is 4.90 Å². The highest BCUT2D eigenvalue weighted by Crippen LogP contribution is 2.21. The fraction of sp³-hybridized carbons (Fsp3) is 0.308. The highest BCUT2D eigenvalue weighted by molar-refractivity contribution is 6.05. The van der Waals surface area contributed by atoms with Crippen LogP contribution in [-0.2, 0) is 14.4 Å². The molecule has 1 aliphatic rings. The number of carboxylic acid groups (broad SMARTS) is 1. The molecule has 1 saturated heterocycles. The standard InChI is InChI=1S/C13H14N2O5/c1-8(13(19)20)15-11(17)6-14(7-12(15)18)9-2-4-10(16)5-3-9/h2-5,8,16H,6-7H2,1H3,(H,19,20). The normalized spacial score (nSPS) is 17.2. The first-order chi connectivity index (χ1) is 9.40. The van der Waals surface area contributed by atoms with E-state index in [2.05, 4.69) is 0 Å². The Hall–Kier alpha value is -2.57. The highest BCUT2D eigenvalue weighted by atomic mass is 16.4. The summed E-state index contributed by atoms with van der Waals surface area (Å²) in [4.78, 5) is 37.1. The van der Waals surface area contributed by atoms with Gasteiger partial charge in [-0.2, -0.15) is 0 Å². The number of piperazine rings is 1. The number of aliphatic carboxylic acids is 1. The lowest BCUT2D eigenvalue weighted by Gasteiger charge is -2.35. The number of aromatic hydroxyl groups is 1. The molecule has 2 amide bonds. The molecule has 0 radical (unpaired) electrons. The van der Waals surface area contributed by atoms with Gasteiger partial charge in [0, 0.05) is 5.69 Å². The molecule has 1 heterocycles. The van der Waals surface area contributed by atoms with Gasteiger partial charge in [-0.3, -0.25) is 14.5 Å². The van der Waals surface area contributed by atoms with Gasteiger partial charge in [-0.25, -0.2) is 4.79 Å². The molecule has 0 aromatic heterocycles. The topological polar surface area (TPSA) is 98.2 Å². The molecule has 2 N–H and O–H groups in total. The van der Waals surface area contributed by atoms with Gasteiger partial charge in [0.05, 0.1) is 13.1 Å². The van der Waals surface area contributed by atoms with Crippen molar-refractivity contribution >= 4 is 23.5 Å². The fourth-order valence-electron chi connectivity index (χ4n) is 2.06. The summed E-state index contributed by atoms with van der Waals surface area (Å²) in [5, 5.41) is 18.1. The van der Waals surface area contributed by atoms with E-state index in [1.54, 1.807) is 12.1 Å². The van der Waals surface area contributed by atoms with Crippen molar-refractivity contribution < 1.29 is 24.6 Å². The van der Waals surface area contributed by atoms with Crippen molar-refractivity contribution in [2.45, 2.75) is 13.0 Å². The minimum atomic E-state index is -1.22. The SMILES string of the molecule is CC(C(=O)O)N1C(=O)CN(c2ccc(O)cc2)CC1=O. The molecule has 1 aromatic rings. The summed E-state index contributed by atoms with van der Waals surface area (Å²) in [6.45, 7) is 1.15. The van der Waals surface area contributed by atoms with Crippen LogP contribution in [0.1, 0.15) is 6.92 Å². The lowest BCUT2D eigenvalue weighted by atomic mass is 10.2. The van der Waals surface area contributed by atoms with Gasteiger partial charge < -0.3 is 15.1 Å². The molecule has 1 fully saturated rings. The maximum atomic E-state index is 12.0. The molecule has 2 rings (SSSR count). The molecule has 7 heteroatoms. The average molecular weight is 278 g/mol. The first-order valence-electron chi connectivity index (χ1n) is 6.02. The molecule has 1 atom stereocenters. The van der Waals surface area contributed by atoms with E-state index in [9.17, 15) is 19.5 Å². The maximum Gasteiger partial charge on any atom is 0.326 e. The number of benzene rings is 1. The lowest BCUT2D eigenvalue weighted by Crippen LogP contribution is -2.58. The monoisotopic (exact) mass is 278 g/mol. The minimum Gasteiger partial charge on any atom is -0.508 e. The molecular formula is C13H14N2O5. The Morgan fingerprint density at radius 2 is 1.65 bits per heavy atom. The van der Waals surface area contributed by atoms with Crippen LogP contribution in [0.25, 0.3) is 0 Å². The number of rotatable bonds is 3. The molecular weight excluding hydrogens is 264 g/mol. The van der Waals surface area contributed by atoms with Crippen LogP contribution in [-0.4, -0.2) is 52.0 Å². The second-order valence-electron chi connectivity index (χ2n) is 4.54. The highest BCUT2D eigenvalue weighted by Gasteiger charge is 2.37. The van der Waals surface area contributed by atoms with Crippen LogP contribution in [0.5, 0.6) is 5.75 Å².